The summed E-state index contributed by atoms with van der Waals surface area (Å²) in [6, 6.07) is 13.1. The number of rotatable bonds is 7. The van der Waals surface area contributed by atoms with Crippen molar-refractivity contribution in [3.8, 4) is 5.75 Å². The highest BCUT2D eigenvalue weighted by Crippen LogP contribution is 2.22. The molecule has 1 unspecified atom stereocenters. The van der Waals surface area contributed by atoms with E-state index in [-0.39, 0.29) is 0 Å². The Morgan fingerprint density at radius 1 is 1.15 bits per heavy atom. The van der Waals surface area contributed by atoms with Crippen LogP contribution in [0.1, 0.15) is 41.6 Å². The molecule has 1 atom stereocenters. The third-order valence-electron chi connectivity index (χ3n) is 3.20. The number of aryl methyl sites for hydroxylation is 1. The van der Waals surface area contributed by atoms with Gasteiger partial charge in [0.05, 0.1) is 6.61 Å². The molecule has 1 N–H and O–H groups in total. The highest BCUT2D eigenvalue weighted by atomic mass is 32.1. The molecular formula is C17H23NOS. The van der Waals surface area contributed by atoms with Gasteiger partial charge in [0.2, 0.25) is 0 Å². The molecule has 1 aromatic heterocycles. The summed E-state index contributed by atoms with van der Waals surface area (Å²) in [7, 11) is 0. The normalized spacial score (nSPS) is 12.3. The molecule has 2 aromatic rings. The fraction of sp³-hybridized carbons (Fsp3) is 0.412. The van der Waals surface area contributed by atoms with E-state index >= 15 is 0 Å². The molecule has 0 bridgehead atoms. The van der Waals surface area contributed by atoms with Crippen molar-refractivity contribution in [2.45, 2.75) is 39.8 Å². The van der Waals surface area contributed by atoms with Crippen LogP contribution in [0.15, 0.2) is 36.4 Å². The lowest BCUT2D eigenvalue weighted by Gasteiger charge is -2.12. The summed E-state index contributed by atoms with van der Waals surface area (Å²) in [4.78, 5) is 2.76. The molecule has 3 heteroatoms. The molecule has 20 heavy (non-hydrogen) atoms. The Morgan fingerprint density at radius 2 is 1.90 bits per heavy atom. The summed E-state index contributed by atoms with van der Waals surface area (Å²) in [5, 5.41) is 3.56. The number of ether oxygens (including phenoxy) is 1. The summed E-state index contributed by atoms with van der Waals surface area (Å²) < 4.78 is 5.59. The van der Waals surface area contributed by atoms with Gasteiger partial charge in [-0.3, -0.25) is 0 Å². The van der Waals surface area contributed by atoms with Gasteiger partial charge in [-0.2, -0.15) is 0 Å². The van der Waals surface area contributed by atoms with Gasteiger partial charge in [0.1, 0.15) is 5.75 Å². The van der Waals surface area contributed by atoms with Crippen LogP contribution in [0, 0.1) is 6.92 Å². The SMILES string of the molecule is CCCOc1ccc(CNC(C)c2ccc(C)s2)cc1. The van der Waals surface area contributed by atoms with Gasteiger partial charge < -0.3 is 10.1 Å². The van der Waals surface area contributed by atoms with E-state index < -0.39 is 0 Å². The van der Waals surface area contributed by atoms with E-state index in [1.807, 2.05) is 23.5 Å². The second-order valence-corrected chi connectivity index (χ2v) is 6.36. The van der Waals surface area contributed by atoms with Gasteiger partial charge in [0, 0.05) is 22.3 Å². The Hall–Kier alpha value is -1.32. The molecule has 0 amide bonds. The van der Waals surface area contributed by atoms with Crippen LogP contribution < -0.4 is 10.1 Å². The van der Waals surface area contributed by atoms with Gasteiger partial charge in [-0.1, -0.05) is 19.1 Å². The molecule has 0 aliphatic carbocycles. The third kappa shape index (κ3) is 4.36. The van der Waals surface area contributed by atoms with Crippen molar-refractivity contribution >= 4 is 11.3 Å². The van der Waals surface area contributed by atoms with Crippen molar-refractivity contribution in [2.75, 3.05) is 6.61 Å². The summed E-state index contributed by atoms with van der Waals surface area (Å²) in [5.74, 6) is 0.956. The fourth-order valence-corrected chi connectivity index (χ4v) is 2.89. The first-order valence-electron chi connectivity index (χ1n) is 7.20. The van der Waals surface area contributed by atoms with E-state index in [2.05, 4.69) is 50.4 Å². The molecule has 0 saturated carbocycles. The lowest BCUT2D eigenvalue weighted by Crippen LogP contribution is -2.17. The van der Waals surface area contributed by atoms with Crippen molar-refractivity contribution in [3.63, 3.8) is 0 Å². The van der Waals surface area contributed by atoms with Crippen molar-refractivity contribution < 1.29 is 4.74 Å². The Kier molecular flexibility index (Phi) is 5.62. The molecule has 2 rings (SSSR count). The Bertz CT molecular complexity index is 518. The molecule has 2 nitrogen and oxygen atoms in total. The highest BCUT2D eigenvalue weighted by molar-refractivity contribution is 7.12. The van der Waals surface area contributed by atoms with Crippen LogP contribution in [-0.4, -0.2) is 6.61 Å². The molecule has 0 fully saturated rings. The van der Waals surface area contributed by atoms with E-state index in [0.717, 1.165) is 25.3 Å². The van der Waals surface area contributed by atoms with Gasteiger partial charge >= 0.3 is 0 Å². The minimum atomic E-state index is 0.393. The molecule has 0 radical (unpaired) electrons. The van der Waals surface area contributed by atoms with Crippen LogP contribution in [0.5, 0.6) is 5.75 Å². The first-order valence-corrected chi connectivity index (χ1v) is 8.02. The Balaban J connectivity index is 1.84. The first kappa shape index (κ1) is 15.1. The topological polar surface area (TPSA) is 21.3 Å². The second-order valence-electron chi connectivity index (χ2n) is 5.04. The van der Waals surface area contributed by atoms with E-state index in [9.17, 15) is 0 Å². The summed E-state index contributed by atoms with van der Waals surface area (Å²) in [6.45, 7) is 8.14. The van der Waals surface area contributed by atoms with E-state index in [1.54, 1.807) is 0 Å². The average molecular weight is 289 g/mol. The molecule has 0 aliphatic heterocycles. The molecule has 108 valence electrons. The number of hydrogen-bond acceptors (Lipinski definition) is 3. The highest BCUT2D eigenvalue weighted by Gasteiger charge is 2.06. The summed E-state index contributed by atoms with van der Waals surface area (Å²) >= 11 is 1.86. The number of thiophene rings is 1. The van der Waals surface area contributed by atoms with E-state index in [4.69, 9.17) is 4.74 Å². The fourth-order valence-electron chi connectivity index (χ4n) is 1.98. The quantitative estimate of drug-likeness (QED) is 0.798. The van der Waals surface area contributed by atoms with Gasteiger partial charge in [-0.15, -0.1) is 11.3 Å². The van der Waals surface area contributed by atoms with Crippen LogP contribution >= 0.6 is 11.3 Å². The first-order chi connectivity index (χ1) is 9.69. The third-order valence-corrected chi connectivity index (χ3v) is 4.38. The monoisotopic (exact) mass is 289 g/mol. The number of benzene rings is 1. The lowest BCUT2D eigenvalue weighted by molar-refractivity contribution is 0.317. The van der Waals surface area contributed by atoms with Crippen LogP contribution in [0.4, 0.5) is 0 Å². The molecule has 0 aliphatic rings. The average Bonchev–Trinajstić information content (AvgIpc) is 2.90. The van der Waals surface area contributed by atoms with Gasteiger partial charge in [-0.05, 0) is 50.1 Å². The maximum Gasteiger partial charge on any atom is 0.119 e. The van der Waals surface area contributed by atoms with E-state index in [0.29, 0.717) is 6.04 Å². The standard InChI is InChI=1S/C17H23NOS/c1-4-11-19-16-8-6-15(7-9-16)12-18-14(3)17-10-5-13(2)20-17/h5-10,14,18H,4,11-12H2,1-3H3. The maximum atomic E-state index is 5.59. The zero-order valence-corrected chi connectivity index (χ0v) is 13.3. The predicted molar refractivity (Wildman–Crippen MR) is 86.5 cm³/mol. The Labute approximate surface area is 125 Å². The smallest absolute Gasteiger partial charge is 0.119 e. The van der Waals surface area contributed by atoms with Crippen LogP contribution in [0.25, 0.3) is 0 Å². The minimum Gasteiger partial charge on any atom is -0.494 e. The van der Waals surface area contributed by atoms with Crippen molar-refractivity contribution in [2.24, 2.45) is 0 Å². The van der Waals surface area contributed by atoms with E-state index in [1.165, 1.54) is 15.3 Å². The predicted octanol–water partition coefficient (Wildman–Crippen LogP) is 4.70. The molecular weight excluding hydrogens is 266 g/mol. The molecule has 1 aromatic carbocycles. The molecule has 1 heterocycles. The molecule has 0 saturated heterocycles. The zero-order valence-electron chi connectivity index (χ0n) is 12.5. The largest absolute Gasteiger partial charge is 0.494 e. The van der Waals surface area contributed by atoms with Gasteiger partial charge in [0.25, 0.3) is 0 Å². The molecule has 0 spiro atoms. The van der Waals surface area contributed by atoms with Crippen LogP contribution in [-0.2, 0) is 6.54 Å². The van der Waals surface area contributed by atoms with Gasteiger partial charge in [0.15, 0.2) is 0 Å². The zero-order chi connectivity index (χ0) is 14.4. The minimum absolute atomic E-state index is 0.393. The summed E-state index contributed by atoms with van der Waals surface area (Å²) in [5.41, 5.74) is 1.29. The van der Waals surface area contributed by atoms with Crippen molar-refractivity contribution in [1.82, 2.24) is 5.32 Å². The van der Waals surface area contributed by atoms with Gasteiger partial charge in [-0.25, -0.2) is 0 Å². The lowest BCUT2D eigenvalue weighted by atomic mass is 10.2. The summed E-state index contributed by atoms with van der Waals surface area (Å²) in [6.07, 6.45) is 1.04. The van der Waals surface area contributed by atoms with Crippen LogP contribution in [0.2, 0.25) is 0 Å². The number of nitrogens with one attached hydrogen (secondary N) is 1. The van der Waals surface area contributed by atoms with Crippen molar-refractivity contribution in [3.05, 3.63) is 51.7 Å². The maximum absolute atomic E-state index is 5.59. The van der Waals surface area contributed by atoms with Crippen molar-refractivity contribution in [1.29, 1.82) is 0 Å². The second kappa shape index (κ2) is 7.46. The number of hydrogen-bond donors (Lipinski definition) is 1. The van der Waals surface area contributed by atoms with Crippen LogP contribution in [0.3, 0.4) is 0 Å². The Morgan fingerprint density at radius 3 is 2.50 bits per heavy atom.